The number of aryl methyl sites for hydroxylation is 1. The van der Waals surface area contributed by atoms with Crippen LogP contribution in [0.3, 0.4) is 0 Å². The second-order valence-corrected chi connectivity index (χ2v) is 6.18. The molecule has 2 N–H and O–H groups in total. The van der Waals surface area contributed by atoms with Gasteiger partial charge in [0.1, 0.15) is 18.1 Å². The van der Waals surface area contributed by atoms with E-state index in [1.165, 1.54) is 6.07 Å². The number of ether oxygens (including phenoxy) is 1. The molecule has 0 saturated carbocycles. The predicted molar refractivity (Wildman–Crippen MR) is 93.7 cm³/mol. The first kappa shape index (κ1) is 16.0. The summed E-state index contributed by atoms with van der Waals surface area (Å²) in [4.78, 5) is 16.8. The number of carbonyl (C=O) groups excluding carboxylic acids is 1. The van der Waals surface area contributed by atoms with Gasteiger partial charge < -0.3 is 15.2 Å². The first-order chi connectivity index (χ1) is 11.6. The van der Waals surface area contributed by atoms with Crippen LogP contribution in [0, 0.1) is 6.92 Å². The van der Waals surface area contributed by atoms with E-state index in [2.05, 4.69) is 10.3 Å². The minimum atomic E-state index is -0.346. The van der Waals surface area contributed by atoms with Gasteiger partial charge in [0.25, 0.3) is 5.91 Å². The molecule has 3 aromatic rings. The van der Waals surface area contributed by atoms with E-state index in [0.29, 0.717) is 23.6 Å². The zero-order valence-corrected chi connectivity index (χ0v) is 13.8. The Bertz CT molecular complexity index is 861. The van der Waals surface area contributed by atoms with E-state index in [-0.39, 0.29) is 11.7 Å². The van der Waals surface area contributed by atoms with Gasteiger partial charge in [-0.3, -0.25) is 4.79 Å². The number of phenols is 1. The molecule has 0 aliphatic heterocycles. The largest absolute Gasteiger partial charge is 0.506 e. The van der Waals surface area contributed by atoms with Crippen molar-refractivity contribution < 1.29 is 14.6 Å². The minimum Gasteiger partial charge on any atom is -0.506 e. The van der Waals surface area contributed by atoms with E-state index < -0.39 is 0 Å². The molecule has 122 valence electrons. The molecule has 0 aliphatic carbocycles. The first-order valence-corrected chi connectivity index (χ1v) is 8.23. The zero-order valence-electron chi connectivity index (χ0n) is 13.0. The lowest BCUT2D eigenvalue weighted by Gasteiger charge is -2.11. The van der Waals surface area contributed by atoms with Crippen molar-refractivity contribution in [2.75, 3.05) is 5.32 Å². The number of hydrogen-bond acceptors (Lipinski definition) is 5. The van der Waals surface area contributed by atoms with E-state index in [1.807, 2.05) is 12.3 Å². The lowest BCUT2D eigenvalue weighted by atomic mass is 10.1. The molecule has 5 nitrogen and oxygen atoms in total. The van der Waals surface area contributed by atoms with Crippen molar-refractivity contribution in [3.8, 4) is 11.5 Å². The Morgan fingerprint density at radius 2 is 1.96 bits per heavy atom. The topological polar surface area (TPSA) is 71.5 Å². The average molecular weight is 340 g/mol. The van der Waals surface area contributed by atoms with Crippen LogP contribution in [-0.2, 0) is 6.61 Å². The summed E-state index contributed by atoms with van der Waals surface area (Å²) in [6.07, 6.45) is 0. The zero-order chi connectivity index (χ0) is 16.9. The molecular weight excluding hydrogens is 324 g/mol. The van der Waals surface area contributed by atoms with Gasteiger partial charge in [-0.15, -0.1) is 11.3 Å². The maximum absolute atomic E-state index is 12.5. The molecule has 0 unspecified atom stereocenters. The second-order valence-electron chi connectivity index (χ2n) is 5.11. The number of aromatic hydroxyl groups is 1. The lowest BCUT2D eigenvalue weighted by molar-refractivity contribution is 0.102. The number of amides is 1. The number of benzene rings is 2. The number of phenolic OH excluding ortho intramolecular Hbond substituents is 1. The van der Waals surface area contributed by atoms with E-state index in [1.54, 1.807) is 53.8 Å². The fourth-order valence-electron chi connectivity index (χ4n) is 2.18. The van der Waals surface area contributed by atoms with Crippen molar-refractivity contribution in [2.24, 2.45) is 0 Å². The molecule has 6 heteroatoms. The van der Waals surface area contributed by atoms with Crippen molar-refractivity contribution in [1.29, 1.82) is 0 Å². The average Bonchev–Trinajstić information content (AvgIpc) is 3.01. The minimum absolute atomic E-state index is 0.0159. The highest BCUT2D eigenvalue weighted by Crippen LogP contribution is 2.25. The molecule has 0 spiro atoms. The Balaban J connectivity index is 1.75. The van der Waals surface area contributed by atoms with Crippen LogP contribution in [0.15, 0.2) is 53.9 Å². The molecule has 0 saturated heterocycles. The number of para-hydroxylation sites is 3. The van der Waals surface area contributed by atoms with E-state index in [9.17, 15) is 9.90 Å². The summed E-state index contributed by atoms with van der Waals surface area (Å²) >= 11 is 1.56. The Hall–Kier alpha value is -2.86. The predicted octanol–water partition coefficient (Wildman–Crippen LogP) is 3.99. The maximum atomic E-state index is 12.5. The van der Waals surface area contributed by atoms with Gasteiger partial charge in [0.15, 0.2) is 0 Å². The summed E-state index contributed by atoms with van der Waals surface area (Å²) in [5, 5.41) is 15.4. The normalized spacial score (nSPS) is 10.4. The number of rotatable bonds is 5. The Morgan fingerprint density at radius 1 is 1.21 bits per heavy atom. The molecule has 24 heavy (non-hydrogen) atoms. The third-order valence-electron chi connectivity index (χ3n) is 3.33. The molecule has 1 aromatic heterocycles. The standard InChI is InChI=1S/C18H16N2O3S/c1-12-19-13(11-24-12)10-23-17-9-5-2-6-14(17)18(22)20-15-7-3-4-8-16(15)21/h2-9,11,21H,10H2,1H3,(H,20,22). The van der Waals surface area contributed by atoms with Gasteiger partial charge in [-0.25, -0.2) is 4.98 Å². The Morgan fingerprint density at radius 3 is 2.71 bits per heavy atom. The van der Waals surface area contributed by atoms with Gasteiger partial charge in [0, 0.05) is 5.38 Å². The summed E-state index contributed by atoms with van der Waals surface area (Å²) in [7, 11) is 0. The van der Waals surface area contributed by atoms with Crippen LogP contribution in [0.5, 0.6) is 11.5 Å². The SMILES string of the molecule is Cc1nc(COc2ccccc2C(=O)Nc2ccccc2O)cs1. The molecule has 0 bridgehead atoms. The van der Waals surface area contributed by atoms with Gasteiger partial charge in [-0.1, -0.05) is 24.3 Å². The second kappa shape index (κ2) is 7.14. The Labute approximate surface area is 143 Å². The van der Waals surface area contributed by atoms with Crippen LogP contribution in [0.2, 0.25) is 0 Å². The van der Waals surface area contributed by atoms with Crippen molar-refractivity contribution in [2.45, 2.75) is 13.5 Å². The molecule has 0 radical (unpaired) electrons. The van der Waals surface area contributed by atoms with E-state index in [4.69, 9.17) is 4.74 Å². The summed E-state index contributed by atoms with van der Waals surface area (Å²) in [6, 6.07) is 13.6. The molecule has 2 aromatic carbocycles. The van der Waals surface area contributed by atoms with E-state index in [0.717, 1.165) is 10.7 Å². The molecule has 3 rings (SSSR count). The summed E-state index contributed by atoms with van der Waals surface area (Å²) in [6.45, 7) is 2.23. The van der Waals surface area contributed by atoms with Gasteiger partial charge in [0.2, 0.25) is 0 Å². The third-order valence-corrected chi connectivity index (χ3v) is 4.15. The smallest absolute Gasteiger partial charge is 0.259 e. The highest BCUT2D eigenvalue weighted by atomic mass is 32.1. The van der Waals surface area contributed by atoms with Crippen LogP contribution in [0.4, 0.5) is 5.69 Å². The van der Waals surface area contributed by atoms with Gasteiger partial charge in [-0.2, -0.15) is 0 Å². The fraction of sp³-hybridized carbons (Fsp3) is 0.111. The van der Waals surface area contributed by atoms with Crippen molar-refractivity contribution in [3.05, 3.63) is 70.2 Å². The van der Waals surface area contributed by atoms with Gasteiger partial charge in [-0.05, 0) is 31.2 Å². The number of anilines is 1. The van der Waals surface area contributed by atoms with Crippen molar-refractivity contribution >= 4 is 22.9 Å². The molecule has 1 amide bonds. The monoisotopic (exact) mass is 340 g/mol. The lowest BCUT2D eigenvalue weighted by Crippen LogP contribution is -2.13. The highest BCUT2D eigenvalue weighted by molar-refractivity contribution is 7.09. The molecule has 0 atom stereocenters. The third kappa shape index (κ3) is 3.72. The summed E-state index contributed by atoms with van der Waals surface area (Å²) in [5.74, 6) is 0.139. The van der Waals surface area contributed by atoms with Crippen LogP contribution < -0.4 is 10.1 Å². The summed E-state index contributed by atoms with van der Waals surface area (Å²) < 4.78 is 5.75. The van der Waals surface area contributed by atoms with Crippen molar-refractivity contribution in [1.82, 2.24) is 4.98 Å². The number of carbonyl (C=O) groups is 1. The summed E-state index contributed by atoms with van der Waals surface area (Å²) in [5.41, 5.74) is 1.58. The van der Waals surface area contributed by atoms with Gasteiger partial charge in [0.05, 0.1) is 22.0 Å². The molecule has 0 aliphatic rings. The number of hydrogen-bond donors (Lipinski definition) is 2. The van der Waals surface area contributed by atoms with Gasteiger partial charge >= 0.3 is 0 Å². The maximum Gasteiger partial charge on any atom is 0.259 e. The number of aromatic nitrogens is 1. The number of nitrogens with one attached hydrogen (secondary N) is 1. The van der Waals surface area contributed by atoms with Crippen LogP contribution in [0.1, 0.15) is 21.1 Å². The fourth-order valence-corrected chi connectivity index (χ4v) is 2.77. The van der Waals surface area contributed by atoms with E-state index >= 15 is 0 Å². The Kier molecular flexibility index (Phi) is 4.77. The molecular formula is C18H16N2O3S. The quantitative estimate of drug-likeness (QED) is 0.689. The molecule has 1 heterocycles. The van der Waals surface area contributed by atoms with Crippen LogP contribution >= 0.6 is 11.3 Å². The number of thiazole rings is 1. The first-order valence-electron chi connectivity index (χ1n) is 7.35. The number of nitrogens with zero attached hydrogens (tertiary/aromatic N) is 1. The van der Waals surface area contributed by atoms with Crippen molar-refractivity contribution in [3.63, 3.8) is 0 Å². The van der Waals surface area contributed by atoms with Crippen LogP contribution in [0.25, 0.3) is 0 Å². The molecule has 0 fully saturated rings. The van der Waals surface area contributed by atoms with Crippen LogP contribution in [-0.4, -0.2) is 16.0 Å². The highest BCUT2D eigenvalue weighted by Gasteiger charge is 2.14.